The first-order chi connectivity index (χ1) is 33.4. The Hall–Kier alpha value is -3.83. The third-order valence-electron chi connectivity index (χ3n) is 9.98. The molecule has 4 nitrogen and oxygen atoms in total. The lowest BCUT2D eigenvalue weighted by atomic mass is 9.92. The minimum absolute atomic E-state index is 0.0972. The Labute approximate surface area is 398 Å². The largest absolute Gasteiger partial charge is 0.493 e. The summed E-state index contributed by atoms with van der Waals surface area (Å²) in [5, 5.41) is 11.0. The van der Waals surface area contributed by atoms with Crippen LogP contribution in [-0.2, 0) is 15.4 Å². The van der Waals surface area contributed by atoms with Crippen LogP contribution in [0.2, 0.25) is 0 Å². The normalized spacial score (nSPS) is 16.1. The fourth-order valence-electron chi connectivity index (χ4n) is 5.41. The summed E-state index contributed by atoms with van der Waals surface area (Å²) in [6, 6.07) is 1.23. The van der Waals surface area contributed by atoms with Gasteiger partial charge >= 0.3 is 113 Å². The van der Waals surface area contributed by atoms with E-state index in [4.69, 9.17) is 0 Å². The van der Waals surface area contributed by atoms with Crippen molar-refractivity contribution in [1.29, 1.82) is 0 Å². The van der Waals surface area contributed by atoms with Crippen LogP contribution in [0.25, 0.3) is 0 Å². The lowest BCUT2D eigenvalue weighted by Crippen LogP contribution is -2.70. The second-order valence-corrected chi connectivity index (χ2v) is 15.4. The van der Waals surface area contributed by atoms with Crippen LogP contribution in [0.15, 0.2) is 24.3 Å². The maximum Gasteiger partial charge on any atom is 0.460 e. The first-order valence-corrected chi connectivity index (χ1v) is 19.0. The molecule has 1 aromatic carbocycles. The van der Waals surface area contributed by atoms with Crippen LogP contribution in [0.4, 0.5) is 171 Å². The van der Waals surface area contributed by atoms with Gasteiger partial charge in [-0.1, -0.05) is 12.1 Å². The molecule has 456 valence electrons. The first-order valence-electron chi connectivity index (χ1n) is 19.0. The van der Waals surface area contributed by atoms with E-state index in [9.17, 15) is 176 Å². The highest BCUT2D eigenvalue weighted by Crippen LogP contribution is 2.64. The van der Waals surface area contributed by atoms with Gasteiger partial charge < -0.3 is 19.3 Å². The van der Waals surface area contributed by atoms with Gasteiger partial charge in [0, 0.05) is 19.3 Å². The predicted molar refractivity (Wildman–Crippen MR) is 168 cm³/mol. The van der Waals surface area contributed by atoms with Gasteiger partial charge in [0.2, 0.25) is 0 Å². The quantitative estimate of drug-likeness (QED) is 0.0516. The molecule has 0 bridgehead atoms. The molecule has 0 unspecified atom stereocenters. The monoisotopic (exact) mass is 1240 g/mol. The standard InChI is InChI=1S/C34H23F39O4/c35-16(36,20(41,42)23(47,48)26(53,54)29(59,60)32(65,66)67)8-3-11-75-15-7-2-1-6-14(15)19(74,76-12-4-9-17(37,38)21(43,44)24(49,50)27(55,56)30(61,62)33(68,69)70)77-13-5-10-18(39,40)22(45,46)25(51,52)28(57,58)31(63,64)34(71,72)73/h1-2,6-7,74H,3-5,8-13H2. The van der Waals surface area contributed by atoms with E-state index in [0.717, 1.165) is 0 Å². The second-order valence-electron chi connectivity index (χ2n) is 15.4. The van der Waals surface area contributed by atoms with E-state index in [0.29, 0.717) is 12.1 Å². The number of hydrogen-bond acceptors (Lipinski definition) is 4. The van der Waals surface area contributed by atoms with E-state index >= 15 is 0 Å². The molecule has 43 heteroatoms. The van der Waals surface area contributed by atoms with Crippen molar-refractivity contribution in [3.05, 3.63) is 29.8 Å². The Morgan fingerprint density at radius 1 is 0.286 bits per heavy atom. The first kappa shape index (κ1) is 71.2. The SMILES string of the molecule is OC(OCCCC(F)(F)C(F)(F)C(F)(F)C(F)(F)C(F)(F)C(F)(F)F)(OCCCC(F)(F)C(F)(F)C(F)(F)C(F)(F)C(F)(F)C(F)(F)F)c1ccccc1OCCCC(F)(F)C(F)(F)C(F)(F)C(F)(F)C(F)(F)C(F)(F)F. The van der Waals surface area contributed by atoms with Crippen LogP contribution >= 0.6 is 0 Å². The number of ether oxygens (including phenoxy) is 3. The van der Waals surface area contributed by atoms with E-state index in [1.165, 1.54) is 0 Å². The molecule has 0 aliphatic rings. The minimum atomic E-state index is -8.48. The van der Waals surface area contributed by atoms with Crippen molar-refractivity contribution in [2.24, 2.45) is 0 Å². The van der Waals surface area contributed by atoms with Crippen LogP contribution in [0.1, 0.15) is 44.1 Å². The molecule has 0 amide bonds. The molecule has 0 aliphatic carbocycles. The molecular formula is C34H23F39O4. The van der Waals surface area contributed by atoms with Gasteiger partial charge in [0.15, 0.2) is 0 Å². The highest BCUT2D eigenvalue weighted by Gasteiger charge is 2.93. The van der Waals surface area contributed by atoms with E-state index in [2.05, 4.69) is 14.2 Å². The van der Waals surface area contributed by atoms with Gasteiger partial charge in [0.25, 0.3) is 0 Å². The van der Waals surface area contributed by atoms with Crippen molar-refractivity contribution < 1.29 is 191 Å². The minimum Gasteiger partial charge on any atom is -0.493 e. The van der Waals surface area contributed by atoms with Crippen LogP contribution in [0, 0.1) is 0 Å². The molecule has 0 heterocycles. The molecule has 1 aromatic rings. The molecule has 1 N–H and O–H groups in total. The summed E-state index contributed by atoms with van der Waals surface area (Å²) in [5.41, 5.74) is -1.70. The highest BCUT2D eigenvalue weighted by molar-refractivity contribution is 5.35. The number of rotatable bonds is 28. The number of halogens is 39. The van der Waals surface area contributed by atoms with Crippen molar-refractivity contribution >= 4 is 0 Å². The van der Waals surface area contributed by atoms with Crippen molar-refractivity contribution in [1.82, 2.24) is 0 Å². The molecule has 0 spiro atoms. The number of aliphatic hydroxyl groups is 1. The highest BCUT2D eigenvalue weighted by atomic mass is 19.5. The maximum atomic E-state index is 14.4. The van der Waals surface area contributed by atoms with Crippen LogP contribution in [0.3, 0.4) is 0 Å². The molecular weight excluding hydrogens is 1210 g/mol. The molecule has 0 aliphatic heterocycles. The Bertz CT molecular complexity index is 2040. The summed E-state index contributed by atoms with van der Waals surface area (Å²) in [6.07, 6.45) is -40.0. The third kappa shape index (κ3) is 11.7. The predicted octanol–water partition coefficient (Wildman–Crippen LogP) is 15.8. The van der Waals surface area contributed by atoms with Gasteiger partial charge in [-0.2, -0.15) is 171 Å². The number of alkyl halides is 39. The molecule has 0 saturated heterocycles. The zero-order chi connectivity index (χ0) is 62.0. The third-order valence-corrected chi connectivity index (χ3v) is 9.98. The van der Waals surface area contributed by atoms with Gasteiger partial charge in [-0.3, -0.25) is 0 Å². The van der Waals surface area contributed by atoms with Crippen LogP contribution < -0.4 is 4.74 Å². The van der Waals surface area contributed by atoms with E-state index in [1.807, 2.05) is 0 Å². The molecule has 77 heavy (non-hydrogen) atoms. The Morgan fingerprint density at radius 3 is 0.753 bits per heavy atom. The van der Waals surface area contributed by atoms with Gasteiger partial charge in [-0.15, -0.1) is 0 Å². The van der Waals surface area contributed by atoms with Crippen LogP contribution in [0.5, 0.6) is 5.75 Å². The van der Waals surface area contributed by atoms with E-state index < -0.39 is 183 Å². The Balaban J connectivity index is 3.71. The van der Waals surface area contributed by atoms with Gasteiger partial charge in [0.05, 0.1) is 25.4 Å². The van der Waals surface area contributed by atoms with E-state index in [-0.39, 0.29) is 12.1 Å². The summed E-state index contributed by atoms with van der Waals surface area (Å²) in [7, 11) is 0. The molecule has 0 aromatic heterocycles. The topological polar surface area (TPSA) is 47.9 Å². The zero-order valence-corrected chi connectivity index (χ0v) is 35.6. The molecule has 0 fully saturated rings. The summed E-state index contributed by atoms with van der Waals surface area (Å²) in [5.74, 6) is -126. The summed E-state index contributed by atoms with van der Waals surface area (Å²) < 4.78 is 539. The van der Waals surface area contributed by atoms with Crippen molar-refractivity contribution in [3.63, 3.8) is 0 Å². The second kappa shape index (κ2) is 20.9. The molecule has 1 rings (SSSR count). The summed E-state index contributed by atoms with van der Waals surface area (Å²) in [4.78, 5) is 0. The van der Waals surface area contributed by atoms with Crippen molar-refractivity contribution in [2.45, 2.75) is 152 Å². The average molecular weight is 1240 g/mol. The smallest absolute Gasteiger partial charge is 0.460 e. The van der Waals surface area contributed by atoms with Gasteiger partial charge in [-0.25, -0.2) is 0 Å². The lowest BCUT2D eigenvalue weighted by molar-refractivity contribution is -0.440. The molecule has 0 saturated carbocycles. The summed E-state index contributed by atoms with van der Waals surface area (Å²) >= 11 is 0. The summed E-state index contributed by atoms with van der Waals surface area (Å²) in [6.45, 7) is -6.50. The fourth-order valence-corrected chi connectivity index (χ4v) is 5.41. The number of hydrogen-bond donors (Lipinski definition) is 1. The number of para-hydroxylation sites is 1. The van der Waals surface area contributed by atoms with Crippen molar-refractivity contribution in [2.75, 3.05) is 19.8 Å². The number of benzene rings is 1. The fraction of sp³-hybridized carbons (Fsp3) is 0.824. The Kier molecular flexibility index (Phi) is 19.3. The lowest BCUT2D eigenvalue weighted by Gasteiger charge is -2.40. The molecule has 0 atom stereocenters. The molecule has 0 radical (unpaired) electrons. The van der Waals surface area contributed by atoms with Gasteiger partial charge in [0.1, 0.15) is 5.75 Å². The van der Waals surface area contributed by atoms with Gasteiger partial charge in [-0.05, 0) is 31.4 Å². The van der Waals surface area contributed by atoms with E-state index in [1.54, 1.807) is 0 Å². The van der Waals surface area contributed by atoms with Crippen molar-refractivity contribution in [3.8, 4) is 5.75 Å². The zero-order valence-electron chi connectivity index (χ0n) is 35.6. The maximum absolute atomic E-state index is 14.4. The average Bonchev–Trinajstić information content (AvgIpc) is 3.23. The van der Waals surface area contributed by atoms with Crippen LogP contribution in [-0.4, -0.2) is 132 Å². The Morgan fingerprint density at radius 2 is 0.506 bits per heavy atom.